The van der Waals surface area contributed by atoms with Crippen LogP contribution in [0, 0.1) is 0 Å². The number of nitrogens with one attached hydrogen (secondary N) is 2. The second-order valence-corrected chi connectivity index (χ2v) is 8.06. The predicted octanol–water partition coefficient (Wildman–Crippen LogP) is 4.02. The molecule has 1 aliphatic rings. The summed E-state index contributed by atoms with van der Waals surface area (Å²) in [6.45, 7) is 0.897. The number of halogens is 1. The monoisotopic (exact) mass is 436 g/mol. The fourth-order valence-corrected chi connectivity index (χ4v) is 4.81. The molecule has 1 aromatic carbocycles. The lowest BCUT2D eigenvalue weighted by Gasteiger charge is -2.13. The molecule has 138 valence electrons. The molecule has 2 aromatic rings. The topological polar surface area (TPSA) is 67.4 Å². The molecule has 0 saturated heterocycles. The Labute approximate surface area is 165 Å². The smallest absolute Gasteiger partial charge is 0.257 e. The molecule has 0 aliphatic heterocycles. The lowest BCUT2D eigenvalue weighted by molar-refractivity contribution is 0.0937. The van der Waals surface area contributed by atoms with Gasteiger partial charge in [-0.3, -0.25) is 9.59 Å². The standard InChI is InChI=1S/C19H21BrN2O3S/c1-25-11-10-21-18(24)16-13-7-3-5-9-15(13)26-19(16)22-17(23)12-6-2-4-8-14(12)20/h2,4,6,8H,3,5,7,9-11H2,1H3,(H,21,24)(H,22,23). The van der Waals surface area contributed by atoms with Gasteiger partial charge in [-0.2, -0.15) is 0 Å². The molecule has 2 amide bonds. The van der Waals surface area contributed by atoms with Gasteiger partial charge in [0.05, 0.1) is 17.7 Å². The van der Waals surface area contributed by atoms with E-state index in [4.69, 9.17) is 4.74 Å². The molecule has 3 rings (SSSR count). The van der Waals surface area contributed by atoms with E-state index in [1.54, 1.807) is 13.2 Å². The Morgan fingerprint density at radius 3 is 2.73 bits per heavy atom. The number of benzene rings is 1. The molecule has 1 heterocycles. The third-order valence-electron chi connectivity index (χ3n) is 4.34. The molecular weight excluding hydrogens is 416 g/mol. The average molecular weight is 437 g/mol. The summed E-state index contributed by atoms with van der Waals surface area (Å²) in [6, 6.07) is 7.26. The first-order valence-electron chi connectivity index (χ1n) is 8.59. The third-order valence-corrected chi connectivity index (χ3v) is 6.23. The van der Waals surface area contributed by atoms with Gasteiger partial charge in [0.2, 0.25) is 0 Å². The molecule has 5 nitrogen and oxygen atoms in total. The van der Waals surface area contributed by atoms with Gasteiger partial charge in [0.15, 0.2) is 0 Å². The summed E-state index contributed by atoms with van der Waals surface area (Å²) in [7, 11) is 1.60. The van der Waals surface area contributed by atoms with Crippen molar-refractivity contribution in [3.05, 3.63) is 50.3 Å². The number of ether oxygens (including phenoxy) is 1. The van der Waals surface area contributed by atoms with E-state index in [-0.39, 0.29) is 11.8 Å². The molecule has 2 N–H and O–H groups in total. The fraction of sp³-hybridized carbons (Fsp3) is 0.368. The Kier molecular flexibility index (Phi) is 6.45. The lowest BCUT2D eigenvalue weighted by Crippen LogP contribution is -2.28. The first kappa shape index (κ1) is 19.1. The third kappa shape index (κ3) is 4.16. The van der Waals surface area contributed by atoms with Crippen molar-refractivity contribution in [2.24, 2.45) is 0 Å². The van der Waals surface area contributed by atoms with E-state index in [1.165, 1.54) is 16.2 Å². The molecule has 0 fully saturated rings. The summed E-state index contributed by atoms with van der Waals surface area (Å²) >= 11 is 4.93. The number of aryl methyl sites for hydroxylation is 1. The van der Waals surface area contributed by atoms with E-state index >= 15 is 0 Å². The summed E-state index contributed by atoms with van der Waals surface area (Å²) in [5, 5.41) is 6.47. The van der Waals surface area contributed by atoms with Crippen LogP contribution in [0.5, 0.6) is 0 Å². The zero-order valence-corrected chi connectivity index (χ0v) is 17.0. The maximum absolute atomic E-state index is 12.7. The molecule has 0 saturated carbocycles. The Bertz CT molecular complexity index is 819. The number of amides is 2. The first-order valence-corrected chi connectivity index (χ1v) is 10.2. The summed E-state index contributed by atoms with van der Waals surface area (Å²) in [5.41, 5.74) is 2.24. The molecule has 0 radical (unpaired) electrons. The van der Waals surface area contributed by atoms with Crippen LogP contribution >= 0.6 is 27.3 Å². The Morgan fingerprint density at radius 1 is 1.19 bits per heavy atom. The predicted molar refractivity (Wildman–Crippen MR) is 107 cm³/mol. The molecule has 0 bridgehead atoms. The molecular formula is C19H21BrN2O3S. The highest BCUT2D eigenvalue weighted by molar-refractivity contribution is 9.10. The molecule has 1 aliphatic carbocycles. The van der Waals surface area contributed by atoms with Gasteiger partial charge in [0.25, 0.3) is 11.8 Å². The van der Waals surface area contributed by atoms with E-state index in [2.05, 4.69) is 26.6 Å². The van der Waals surface area contributed by atoms with Gasteiger partial charge >= 0.3 is 0 Å². The van der Waals surface area contributed by atoms with Crippen LogP contribution < -0.4 is 10.6 Å². The van der Waals surface area contributed by atoms with Crippen molar-refractivity contribution in [3.63, 3.8) is 0 Å². The van der Waals surface area contributed by atoms with Crippen LogP contribution in [0.15, 0.2) is 28.7 Å². The van der Waals surface area contributed by atoms with Crippen molar-refractivity contribution >= 4 is 44.1 Å². The number of fused-ring (bicyclic) bond motifs is 1. The van der Waals surface area contributed by atoms with Crippen LogP contribution in [-0.2, 0) is 17.6 Å². The minimum Gasteiger partial charge on any atom is -0.383 e. The van der Waals surface area contributed by atoms with Gasteiger partial charge < -0.3 is 15.4 Å². The summed E-state index contributed by atoms with van der Waals surface area (Å²) < 4.78 is 5.73. The van der Waals surface area contributed by atoms with E-state index in [0.717, 1.165) is 35.7 Å². The van der Waals surface area contributed by atoms with E-state index in [9.17, 15) is 9.59 Å². The quantitative estimate of drug-likeness (QED) is 0.671. The lowest BCUT2D eigenvalue weighted by atomic mass is 9.95. The molecule has 26 heavy (non-hydrogen) atoms. The van der Waals surface area contributed by atoms with Gasteiger partial charge in [-0.05, 0) is 59.3 Å². The van der Waals surface area contributed by atoms with Crippen LogP contribution in [0.1, 0.15) is 44.0 Å². The Hall–Kier alpha value is -1.70. The van der Waals surface area contributed by atoms with Crippen molar-refractivity contribution in [3.8, 4) is 0 Å². The van der Waals surface area contributed by atoms with Crippen LogP contribution in [0.25, 0.3) is 0 Å². The van der Waals surface area contributed by atoms with Crippen LogP contribution in [0.2, 0.25) is 0 Å². The van der Waals surface area contributed by atoms with Crippen molar-refractivity contribution in [2.45, 2.75) is 25.7 Å². The number of thiophene rings is 1. The molecule has 0 spiro atoms. The fourth-order valence-electron chi connectivity index (χ4n) is 3.06. The van der Waals surface area contributed by atoms with Crippen LogP contribution in [-0.4, -0.2) is 32.1 Å². The summed E-state index contributed by atoms with van der Waals surface area (Å²) in [6.07, 6.45) is 4.03. The molecule has 0 atom stereocenters. The Morgan fingerprint density at radius 2 is 1.96 bits per heavy atom. The zero-order valence-electron chi connectivity index (χ0n) is 14.6. The van der Waals surface area contributed by atoms with Crippen LogP contribution in [0.4, 0.5) is 5.00 Å². The number of carbonyl (C=O) groups excluding carboxylic acids is 2. The number of hydrogen-bond acceptors (Lipinski definition) is 4. The van der Waals surface area contributed by atoms with Gasteiger partial charge in [0, 0.05) is 23.0 Å². The second-order valence-electron chi connectivity index (χ2n) is 6.10. The number of methoxy groups -OCH3 is 1. The van der Waals surface area contributed by atoms with Gasteiger partial charge in [-0.15, -0.1) is 11.3 Å². The maximum atomic E-state index is 12.7. The number of rotatable bonds is 6. The first-order chi connectivity index (χ1) is 12.6. The number of anilines is 1. The number of hydrogen-bond donors (Lipinski definition) is 2. The SMILES string of the molecule is COCCNC(=O)c1c(NC(=O)c2ccccc2Br)sc2c1CCCC2. The summed E-state index contributed by atoms with van der Waals surface area (Å²) in [4.78, 5) is 26.6. The van der Waals surface area contributed by atoms with Crippen molar-refractivity contribution in [2.75, 3.05) is 25.6 Å². The minimum atomic E-state index is -0.220. The second kappa shape index (κ2) is 8.79. The average Bonchev–Trinajstić information content (AvgIpc) is 3.00. The van der Waals surface area contributed by atoms with Gasteiger partial charge in [0.1, 0.15) is 5.00 Å². The van der Waals surface area contributed by atoms with Crippen molar-refractivity contribution < 1.29 is 14.3 Å². The van der Waals surface area contributed by atoms with Gasteiger partial charge in [-0.1, -0.05) is 12.1 Å². The highest BCUT2D eigenvalue weighted by atomic mass is 79.9. The molecule has 1 aromatic heterocycles. The zero-order chi connectivity index (χ0) is 18.5. The largest absolute Gasteiger partial charge is 0.383 e. The van der Waals surface area contributed by atoms with Crippen LogP contribution in [0.3, 0.4) is 0 Å². The van der Waals surface area contributed by atoms with Crippen molar-refractivity contribution in [1.29, 1.82) is 0 Å². The number of carbonyl (C=O) groups is 2. The highest BCUT2D eigenvalue weighted by Gasteiger charge is 2.26. The van der Waals surface area contributed by atoms with Crippen molar-refractivity contribution in [1.82, 2.24) is 5.32 Å². The van der Waals surface area contributed by atoms with E-state index in [0.29, 0.717) is 29.3 Å². The normalized spacial score (nSPS) is 13.2. The summed E-state index contributed by atoms with van der Waals surface area (Å²) in [5.74, 6) is -0.370. The minimum absolute atomic E-state index is 0.149. The molecule has 7 heteroatoms. The highest BCUT2D eigenvalue weighted by Crippen LogP contribution is 2.38. The van der Waals surface area contributed by atoms with Gasteiger partial charge in [-0.25, -0.2) is 0 Å². The molecule has 0 unspecified atom stereocenters. The van der Waals surface area contributed by atoms with E-state index < -0.39 is 0 Å². The van der Waals surface area contributed by atoms with E-state index in [1.807, 2.05) is 18.2 Å². The Balaban J connectivity index is 1.88. The maximum Gasteiger partial charge on any atom is 0.257 e.